The number of aromatic nitrogens is 1. The minimum atomic E-state index is -0.528. The zero-order chi connectivity index (χ0) is 24.1. The quantitative estimate of drug-likeness (QED) is 0.328. The minimum Gasteiger partial charge on any atom is -0.506 e. The van der Waals surface area contributed by atoms with Crippen LogP contribution in [-0.2, 0) is 11.2 Å². The van der Waals surface area contributed by atoms with Crippen molar-refractivity contribution in [1.82, 2.24) is 4.98 Å². The van der Waals surface area contributed by atoms with Crippen LogP contribution in [0.25, 0.3) is 11.1 Å². The van der Waals surface area contributed by atoms with Gasteiger partial charge in [0.1, 0.15) is 11.4 Å². The molecule has 0 saturated heterocycles. The first-order chi connectivity index (χ1) is 16.3. The molecule has 0 aliphatic heterocycles. The van der Waals surface area contributed by atoms with Crippen molar-refractivity contribution in [3.63, 3.8) is 0 Å². The molecule has 1 N–H and O–H groups in total. The number of carbonyl (C=O) groups excluding carboxylic acids is 1. The van der Waals surface area contributed by atoms with Gasteiger partial charge in [-0.05, 0) is 73.7 Å². The van der Waals surface area contributed by atoms with Gasteiger partial charge in [-0.3, -0.25) is 4.98 Å². The molecule has 4 aromatic rings. The highest BCUT2D eigenvalue weighted by Gasteiger charge is 2.19. The molecule has 0 aliphatic rings. The van der Waals surface area contributed by atoms with Gasteiger partial charge in [0.25, 0.3) is 0 Å². The van der Waals surface area contributed by atoms with Crippen LogP contribution in [0.2, 0.25) is 0 Å². The van der Waals surface area contributed by atoms with E-state index in [9.17, 15) is 9.90 Å². The van der Waals surface area contributed by atoms with E-state index in [1.54, 1.807) is 18.2 Å². The van der Waals surface area contributed by atoms with Gasteiger partial charge in [-0.25, -0.2) is 4.79 Å². The summed E-state index contributed by atoms with van der Waals surface area (Å²) < 4.78 is 5.47. The number of hydrogen-bond acceptors (Lipinski definition) is 4. The van der Waals surface area contributed by atoms with Crippen LogP contribution in [0.3, 0.4) is 0 Å². The Morgan fingerprint density at radius 2 is 1.62 bits per heavy atom. The van der Waals surface area contributed by atoms with Crippen LogP contribution in [0.15, 0.2) is 97.2 Å². The summed E-state index contributed by atoms with van der Waals surface area (Å²) in [4.78, 5) is 16.9. The Labute approximate surface area is 200 Å². The van der Waals surface area contributed by atoms with Crippen molar-refractivity contribution in [2.75, 3.05) is 0 Å². The zero-order valence-electron chi connectivity index (χ0n) is 19.7. The lowest BCUT2D eigenvalue weighted by atomic mass is 9.87. The molecule has 34 heavy (non-hydrogen) atoms. The molecule has 0 fully saturated rings. The molecule has 0 aliphatic carbocycles. The molecular formula is C30H29NO3. The van der Waals surface area contributed by atoms with Crippen LogP contribution in [0.5, 0.6) is 5.75 Å². The lowest BCUT2D eigenvalue weighted by Gasteiger charge is -2.20. The van der Waals surface area contributed by atoms with Crippen molar-refractivity contribution in [3.8, 4) is 16.9 Å². The fourth-order valence-corrected chi connectivity index (χ4v) is 3.92. The van der Waals surface area contributed by atoms with E-state index in [1.165, 1.54) is 11.8 Å². The average Bonchev–Trinajstić information content (AvgIpc) is 2.83. The van der Waals surface area contributed by atoms with E-state index in [0.29, 0.717) is 5.56 Å². The van der Waals surface area contributed by atoms with Crippen LogP contribution in [0.1, 0.15) is 53.9 Å². The van der Waals surface area contributed by atoms with Crippen molar-refractivity contribution >= 4 is 5.97 Å². The maximum Gasteiger partial charge on any atom is 0.338 e. The molecule has 0 saturated carbocycles. The van der Waals surface area contributed by atoms with Crippen LogP contribution >= 0.6 is 0 Å². The maximum atomic E-state index is 12.4. The predicted molar refractivity (Wildman–Crippen MR) is 135 cm³/mol. The third kappa shape index (κ3) is 5.90. The highest BCUT2D eigenvalue weighted by Crippen LogP contribution is 2.31. The first-order valence-corrected chi connectivity index (χ1v) is 11.4. The normalized spacial score (nSPS) is 12.2. The van der Waals surface area contributed by atoms with Gasteiger partial charge < -0.3 is 9.84 Å². The number of rotatable bonds is 6. The number of ether oxygens (including phenoxy) is 1. The summed E-state index contributed by atoms with van der Waals surface area (Å²) >= 11 is 0. The summed E-state index contributed by atoms with van der Waals surface area (Å²) in [6.45, 7) is 5.58. The third-order valence-corrected chi connectivity index (χ3v) is 5.55. The summed E-state index contributed by atoms with van der Waals surface area (Å²) in [5, 5.41) is 9.72. The standard InChI is InChI=1S/C30H29NO3/c1-30(2,3)34-29(33)23-14-12-22(13-15-23)24-10-7-11-25(19-24)27(18-21-8-5-4-6-9-21)28-17-16-26(32)20-31-28/h4-17,19-20,27,32H,18H2,1-3H3. The van der Waals surface area contributed by atoms with E-state index < -0.39 is 5.60 Å². The number of nitrogens with zero attached hydrogens (tertiary/aromatic N) is 1. The molecular weight excluding hydrogens is 422 g/mol. The van der Waals surface area contributed by atoms with Gasteiger partial charge in [-0.1, -0.05) is 66.7 Å². The first kappa shape index (κ1) is 23.2. The Morgan fingerprint density at radius 1 is 0.882 bits per heavy atom. The van der Waals surface area contributed by atoms with E-state index in [0.717, 1.165) is 28.8 Å². The molecule has 0 bridgehead atoms. The number of pyridine rings is 1. The van der Waals surface area contributed by atoms with Crippen molar-refractivity contribution in [2.24, 2.45) is 0 Å². The van der Waals surface area contributed by atoms with Gasteiger partial charge in [-0.2, -0.15) is 0 Å². The van der Waals surface area contributed by atoms with Gasteiger partial charge in [0.05, 0.1) is 11.8 Å². The van der Waals surface area contributed by atoms with Crippen molar-refractivity contribution in [3.05, 3.63) is 120 Å². The van der Waals surface area contributed by atoms with Crippen molar-refractivity contribution in [2.45, 2.75) is 38.7 Å². The van der Waals surface area contributed by atoms with E-state index in [2.05, 4.69) is 35.3 Å². The Bertz CT molecular complexity index is 1240. The number of hydrogen-bond donors (Lipinski definition) is 1. The summed E-state index contributed by atoms with van der Waals surface area (Å²) in [6, 6.07) is 29.8. The largest absolute Gasteiger partial charge is 0.506 e. The Kier molecular flexibility index (Phi) is 6.78. The topological polar surface area (TPSA) is 59.4 Å². The summed E-state index contributed by atoms with van der Waals surface area (Å²) in [5.41, 5.74) is 5.34. The highest BCUT2D eigenvalue weighted by molar-refractivity contribution is 5.90. The smallest absolute Gasteiger partial charge is 0.338 e. The molecule has 0 radical (unpaired) electrons. The minimum absolute atomic E-state index is 0.0315. The Balaban J connectivity index is 1.64. The second kappa shape index (κ2) is 9.92. The van der Waals surface area contributed by atoms with Crippen LogP contribution < -0.4 is 0 Å². The molecule has 0 spiro atoms. The number of carbonyl (C=O) groups is 1. The van der Waals surface area contributed by atoms with E-state index >= 15 is 0 Å². The van der Waals surface area contributed by atoms with E-state index in [1.807, 2.05) is 63.2 Å². The molecule has 1 aromatic heterocycles. The van der Waals surface area contributed by atoms with E-state index in [4.69, 9.17) is 4.74 Å². The zero-order valence-corrected chi connectivity index (χ0v) is 19.7. The molecule has 1 heterocycles. The predicted octanol–water partition coefficient (Wildman–Crippen LogP) is 6.78. The summed E-state index contributed by atoms with van der Waals surface area (Å²) in [6.07, 6.45) is 2.28. The lowest BCUT2D eigenvalue weighted by molar-refractivity contribution is 0.00695. The molecule has 1 atom stereocenters. The number of aromatic hydroxyl groups is 1. The van der Waals surface area contributed by atoms with Crippen LogP contribution in [-0.4, -0.2) is 21.7 Å². The fraction of sp³-hybridized carbons (Fsp3) is 0.200. The fourth-order valence-electron chi connectivity index (χ4n) is 3.92. The highest BCUT2D eigenvalue weighted by atomic mass is 16.6. The number of esters is 1. The Morgan fingerprint density at radius 3 is 2.26 bits per heavy atom. The van der Waals surface area contributed by atoms with E-state index in [-0.39, 0.29) is 17.6 Å². The third-order valence-electron chi connectivity index (χ3n) is 5.55. The SMILES string of the molecule is CC(C)(C)OC(=O)c1ccc(-c2cccc(C(Cc3ccccc3)c3ccc(O)cn3)c2)cc1. The van der Waals surface area contributed by atoms with Gasteiger partial charge in [0.2, 0.25) is 0 Å². The second-order valence-corrected chi connectivity index (χ2v) is 9.39. The maximum absolute atomic E-state index is 12.4. The lowest BCUT2D eigenvalue weighted by Crippen LogP contribution is -2.23. The first-order valence-electron chi connectivity index (χ1n) is 11.4. The summed E-state index contributed by atoms with van der Waals surface area (Å²) in [5.74, 6) is -0.140. The molecule has 4 nitrogen and oxygen atoms in total. The molecule has 4 rings (SSSR count). The molecule has 4 heteroatoms. The summed E-state index contributed by atoms with van der Waals surface area (Å²) in [7, 11) is 0. The second-order valence-electron chi connectivity index (χ2n) is 9.39. The molecule has 0 amide bonds. The van der Waals surface area contributed by atoms with Crippen molar-refractivity contribution < 1.29 is 14.6 Å². The Hall–Kier alpha value is -3.92. The van der Waals surface area contributed by atoms with Gasteiger partial charge in [0, 0.05) is 11.6 Å². The van der Waals surface area contributed by atoms with Crippen LogP contribution in [0.4, 0.5) is 0 Å². The number of benzene rings is 3. The van der Waals surface area contributed by atoms with Crippen LogP contribution in [0, 0.1) is 0 Å². The van der Waals surface area contributed by atoms with Crippen molar-refractivity contribution in [1.29, 1.82) is 0 Å². The van der Waals surface area contributed by atoms with Gasteiger partial charge in [0.15, 0.2) is 0 Å². The van der Waals surface area contributed by atoms with Gasteiger partial charge in [-0.15, -0.1) is 0 Å². The monoisotopic (exact) mass is 451 g/mol. The average molecular weight is 452 g/mol. The van der Waals surface area contributed by atoms with Gasteiger partial charge >= 0.3 is 5.97 Å². The molecule has 172 valence electrons. The molecule has 1 unspecified atom stereocenters. The molecule has 3 aromatic carbocycles.